The first kappa shape index (κ1) is 16.3. The lowest BCUT2D eigenvalue weighted by atomic mass is 10.2. The van der Waals surface area contributed by atoms with Gasteiger partial charge in [0, 0.05) is 18.8 Å². The van der Waals surface area contributed by atoms with Crippen LogP contribution in [0.2, 0.25) is 0 Å². The van der Waals surface area contributed by atoms with Crippen LogP contribution >= 0.6 is 0 Å². The lowest BCUT2D eigenvalue weighted by molar-refractivity contribution is 0.0768. The van der Waals surface area contributed by atoms with Crippen LogP contribution in [0, 0.1) is 0 Å². The van der Waals surface area contributed by atoms with Crippen LogP contribution in [0.3, 0.4) is 0 Å². The van der Waals surface area contributed by atoms with E-state index in [1.165, 1.54) is 4.90 Å². The molecular formula is C17H18N2O4S. The number of likely N-dealkylation sites (tertiary alicyclic amines) is 1. The van der Waals surface area contributed by atoms with Crippen molar-refractivity contribution in [2.75, 3.05) is 17.8 Å². The minimum absolute atomic E-state index is 0.135. The average molecular weight is 346 g/mol. The molecule has 1 N–H and O–H groups in total. The summed E-state index contributed by atoms with van der Waals surface area (Å²) in [5.74, 6) is 0. The Balaban J connectivity index is 1.48. The molecular weight excluding hydrogens is 328 g/mol. The summed E-state index contributed by atoms with van der Waals surface area (Å²) in [4.78, 5) is 13.3. The summed E-state index contributed by atoms with van der Waals surface area (Å²) in [6.07, 6.45) is -0.495. The largest absolute Gasteiger partial charge is 0.445 e. The number of nitrogens with one attached hydrogen (secondary N) is 1. The number of benzene rings is 2. The summed E-state index contributed by atoms with van der Waals surface area (Å²) < 4.78 is 32.2. The number of nitrogens with zero attached hydrogens (tertiary/aromatic N) is 1. The molecule has 0 atom stereocenters. The Hall–Kier alpha value is -2.54. The van der Waals surface area contributed by atoms with Gasteiger partial charge in [-0.25, -0.2) is 13.2 Å². The van der Waals surface area contributed by atoms with Crippen molar-refractivity contribution in [3.63, 3.8) is 0 Å². The molecule has 1 saturated heterocycles. The first-order valence-corrected chi connectivity index (χ1v) is 9.11. The van der Waals surface area contributed by atoms with E-state index in [4.69, 9.17) is 4.74 Å². The van der Waals surface area contributed by atoms with E-state index < -0.39 is 21.4 Å². The molecule has 0 radical (unpaired) electrons. The molecule has 1 heterocycles. The number of amides is 1. The van der Waals surface area contributed by atoms with Crippen LogP contribution in [0.5, 0.6) is 0 Å². The molecule has 0 saturated carbocycles. The van der Waals surface area contributed by atoms with E-state index in [0.717, 1.165) is 5.56 Å². The van der Waals surface area contributed by atoms with Gasteiger partial charge in [-0.05, 0) is 17.7 Å². The summed E-state index contributed by atoms with van der Waals surface area (Å²) >= 11 is 0. The first-order chi connectivity index (χ1) is 11.5. The molecule has 2 aromatic rings. The SMILES string of the molecule is O=C(OCc1ccccc1)N1CC(S(=O)(=O)Nc2ccccc2)C1. The molecule has 0 spiro atoms. The Labute approximate surface area is 141 Å². The standard InChI is InChI=1S/C17H18N2O4S/c20-17(23-13-14-7-3-1-4-8-14)19-11-16(12-19)24(21,22)18-15-9-5-2-6-10-15/h1-10,16,18H,11-13H2. The van der Waals surface area contributed by atoms with E-state index in [2.05, 4.69) is 4.72 Å². The third-order valence-electron chi connectivity index (χ3n) is 3.78. The normalized spacial score (nSPS) is 14.8. The highest BCUT2D eigenvalue weighted by molar-refractivity contribution is 7.93. The monoisotopic (exact) mass is 346 g/mol. The van der Waals surface area contributed by atoms with E-state index >= 15 is 0 Å². The second kappa shape index (κ2) is 6.92. The third kappa shape index (κ3) is 3.86. The van der Waals surface area contributed by atoms with Gasteiger partial charge in [0.15, 0.2) is 0 Å². The van der Waals surface area contributed by atoms with E-state index in [0.29, 0.717) is 5.69 Å². The highest BCUT2D eigenvalue weighted by Crippen LogP contribution is 2.20. The molecule has 1 aliphatic heterocycles. The van der Waals surface area contributed by atoms with Gasteiger partial charge in [0.2, 0.25) is 10.0 Å². The van der Waals surface area contributed by atoms with Gasteiger partial charge in [0.1, 0.15) is 11.9 Å². The molecule has 24 heavy (non-hydrogen) atoms. The smallest absolute Gasteiger partial charge is 0.410 e. The molecule has 2 aromatic carbocycles. The van der Waals surface area contributed by atoms with Crippen molar-refractivity contribution in [2.45, 2.75) is 11.9 Å². The zero-order valence-electron chi connectivity index (χ0n) is 13.0. The summed E-state index contributed by atoms with van der Waals surface area (Å²) in [5.41, 5.74) is 1.41. The maximum absolute atomic E-state index is 12.2. The lowest BCUT2D eigenvalue weighted by Gasteiger charge is -2.37. The molecule has 0 bridgehead atoms. The quantitative estimate of drug-likeness (QED) is 0.902. The molecule has 6 nitrogen and oxygen atoms in total. The Bertz CT molecular complexity index is 788. The van der Waals surface area contributed by atoms with Gasteiger partial charge in [0.25, 0.3) is 0 Å². The van der Waals surface area contributed by atoms with Crippen molar-refractivity contribution in [3.8, 4) is 0 Å². The van der Waals surface area contributed by atoms with Gasteiger partial charge < -0.3 is 9.64 Å². The van der Waals surface area contributed by atoms with E-state index in [-0.39, 0.29) is 19.7 Å². The van der Waals surface area contributed by atoms with Gasteiger partial charge in [-0.1, -0.05) is 48.5 Å². The lowest BCUT2D eigenvalue weighted by Crippen LogP contribution is -2.58. The number of rotatable bonds is 5. The van der Waals surface area contributed by atoms with Gasteiger partial charge in [-0.3, -0.25) is 4.72 Å². The summed E-state index contributed by atoms with van der Waals surface area (Å²) in [7, 11) is -3.51. The summed E-state index contributed by atoms with van der Waals surface area (Å²) in [6, 6.07) is 18.0. The number of carbonyl (C=O) groups is 1. The highest BCUT2D eigenvalue weighted by Gasteiger charge is 2.40. The number of hydrogen-bond acceptors (Lipinski definition) is 4. The number of hydrogen-bond donors (Lipinski definition) is 1. The minimum Gasteiger partial charge on any atom is -0.445 e. The molecule has 1 aliphatic rings. The molecule has 0 aromatic heterocycles. The summed E-state index contributed by atoms with van der Waals surface area (Å²) in [6.45, 7) is 0.446. The van der Waals surface area contributed by atoms with E-state index in [1.807, 2.05) is 36.4 Å². The van der Waals surface area contributed by atoms with Crippen LogP contribution in [0.15, 0.2) is 60.7 Å². The van der Waals surface area contributed by atoms with E-state index in [9.17, 15) is 13.2 Å². The van der Waals surface area contributed by atoms with Crippen molar-refractivity contribution < 1.29 is 17.9 Å². The zero-order valence-corrected chi connectivity index (χ0v) is 13.8. The molecule has 0 unspecified atom stereocenters. The van der Waals surface area contributed by atoms with Crippen LogP contribution in [0.4, 0.5) is 10.5 Å². The van der Waals surface area contributed by atoms with Crippen LogP contribution in [-0.4, -0.2) is 37.8 Å². The van der Waals surface area contributed by atoms with Crippen LogP contribution in [-0.2, 0) is 21.4 Å². The van der Waals surface area contributed by atoms with E-state index in [1.54, 1.807) is 24.3 Å². The topological polar surface area (TPSA) is 75.7 Å². The Kier molecular flexibility index (Phi) is 4.71. The van der Waals surface area contributed by atoms with Crippen LogP contribution < -0.4 is 4.72 Å². The molecule has 1 amide bonds. The molecule has 0 aliphatic carbocycles. The Morgan fingerprint density at radius 3 is 2.25 bits per heavy atom. The summed E-state index contributed by atoms with van der Waals surface area (Å²) in [5, 5.41) is -0.623. The maximum Gasteiger partial charge on any atom is 0.410 e. The minimum atomic E-state index is -3.51. The van der Waals surface area contributed by atoms with Gasteiger partial charge >= 0.3 is 6.09 Å². The Morgan fingerprint density at radius 2 is 1.62 bits per heavy atom. The molecule has 126 valence electrons. The predicted molar refractivity (Wildman–Crippen MR) is 91.0 cm³/mol. The van der Waals surface area contributed by atoms with Crippen molar-refractivity contribution in [2.24, 2.45) is 0 Å². The number of para-hydroxylation sites is 1. The van der Waals surface area contributed by atoms with Gasteiger partial charge in [0.05, 0.1) is 0 Å². The van der Waals surface area contributed by atoms with Gasteiger partial charge in [-0.15, -0.1) is 0 Å². The zero-order chi connectivity index (χ0) is 17.0. The fourth-order valence-electron chi connectivity index (χ4n) is 2.35. The number of anilines is 1. The highest BCUT2D eigenvalue weighted by atomic mass is 32.2. The van der Waals surface area contributed by atoms with Crippen LogP contribution in [0.25, 0.3) is 0 Å². The third-order valence-corrected chi connectivity index (χ3v) is 5.48. The van der Waals surface area contributed by atoms with Gasteiger partial charge in [-0.2, -0.15) is 0 Å². The molecule has 7 heteroatoms. The second-order valence-electron chi connectivity index (χ2n) is 5.58. The predicted octanol–water partition coefficient (Wildman–Crippen LogP) is 2.45. The molecule has 1 fully saturated rings. The Morgan fingerprint density at radius 1 is 1.04 bits per heavy atom. The number of sulfonamides is 1. The van der Waals surface area contributed by atoms with Crippen molar-refractivity contribution >= 4 is 21.8 Å². The second-order valence-corrected chi connectivity index (χ2v) is 7.54. The van der Waals surface area contributed by atoms with Crippen molar-refractivity contribution in [1.82, 2.24) is 4.90 Å². The van der Waals surface area contributed by atoms with Crippen molar-refractivity contribution in [1.29, 1.82) is 0 Å². The maximum atomic E-state index is 12.2. The number of carbonyl (C=O) groups excluding carboxylic acids is 1. The fraction of sp³-hybridized carbons (Fsp3) is 0.235. The van der Waals surface area contributed by atoms with Crippen LogP contribution in [0.1, 0.15) is 5.56 Å². The number of ether oxygens (including phenoxy) is 1. The molecule has 3 rings (SSSR count). The van der Waals surface area contributed by atoms with Crippen molar-refractivity contribution in [3.05, 3.63) is 66.2 Å². The fourth-order valence-corrected chi connectivity index (χ4v) is 3.73. The average Bonchev–Trinajstić information content (AvgIpc) is 2.52. The first-order valence-electron chi connectivity index (χ1n) is 7.57.